The monoisotopic (exact) mass is 290 g/mol. The third-order valence-corrected chi connectivity index (χ3v) is 3.73. The van der Waals surface area contributed by atoms with E-state index in [1.807, 2.05) is 18.2 Å². The average Bonchev–Trinajstić information content (AvgIpc) is 2.98. The lowest BCUT2D eigenvalue weighted by molar-refractivity contribution is -0.120. The summed E-state index contributed by atoms with van der Waals surface area (Å²) >= 11 is 1.70. The Morgan fingerprint density at radius 2 is 2.15 bits per heavy atom. The number of H-pyrrole nitrogens is 1. The summed E-state index contributed by atoms with van der Waals surface area (Å²) < 4.78 is 0. The van der Waals surface area contributed by atoms with Gasteiger partial charge in [-0.05, 0) is 18.6 Å². The standard InChI is InChI=1S/C14H18N4OS/c19-14(8-10-20-12-5-2-1-3-6-12)15-9-4-7-13-16-11-17-18-13/h1-3,5-6,11H,4,7-10H2,(H,15,19)(H,16,17,18). The van der Waals surface area contributed by atoms with Crippen molar-refractivity contribution in [3.05, 3.63) is 42.5 Å². The third kappa shape index (κ3) is 5.44. The summed E-state index contributed by atoms with van der Waals surface area (Å²) in [5.74, 6) is 1.77. The number of benzene rings is 1. The lowest BCUT2D eigenvalue weighted by Crippen LogP contribution is -2.25. The quantitative estimate of drug-likeness (QED) is 0.576. The molecule has 2 N–H and O–H groups in total. The summed E-state index contributed by atoms with van der Waals surface area (Å²) in [4.78, 5) is 16.9. The van der Waals surface area contributed by atoms with Crippen LogP contribution in [0.25, 0.3) is 0 Å². The minimum atomic E-state index is 0.103. The highest BCUT2D eigenvalue weighted by Crippen LogP contribution is 2.17. The van der Waals surface area contributed by atoms with Crippen LogP contribution in [0.3, 0.4) is 0 Å². The minimum Gasteiger partial charge on any atom is -0.356 e. The molecular formula is C14H18N4OS. The molecule has 0 aliphatic rings. The van der Waals surface area contributed by atoms with Crippen LogP contribution in [0.4, 0.5) is 0 Å². The van der Waals surface area contributed by atoms with Crippen molar-refractivity contribution in [2.45, 2.75) is 24.2 Å². The second-order valence-electron chi connectivity index (χ2n) is 4.30. The molecule has 0 atom stereocenters. The van der Waals surface area contributed by atoms with E-state index >= 15 is 0 Å². The Hall–Kier alpha value is -1.82. The average molecular weight is 290 g/mol. The van der Waals surface area contributed by atoms with Crippen LogP contribution in [0.15, 0.2) is 41.6 Å². The molecule has 0 saturated heterocycles. The Morgan fingerprint density at radius 1 is 1.30 bits per heavy atom. The summed E-state index contributed by atoms with van der Waals surface area (Å²) in [5, 5.41) is 9.50. The number of nitrogens with one attached hydrogen (secondary N) is 2. The first-order valence-electron chi connectivity index (χ1n) is 6.63. The fourth-order valence-corrected chi connectivity index (χ4v) is 2.57. The summed E-state index contributed by atoms with van der Waals surface area (Å²) in [6.07, 6.45) is 3.71. The van der Waals surface area contributed by atoms with E-state index in [0.717, 1.165) is 24.4 Å². The summed E-state index contributed by atoms with van der Waals surface area (Å²) in [5.41, 5.74) is 0. The molecule has 0 aliphatic carbocycles. The zero-order valence-corrected chi connectivity index (χ0v) is 12.0. The number of aromatic amines is 1. The van der Waals surface area contributed by atoms with Crippen molar-refractivity contribution in [1.29, 1.82) is 0 Å². The second-order valence-corrected chi connectivity index (χ2v) is 5.47. The van der Waals surface area contributed by atoms with Gasteiger partial charge < -0.3 is 5.32 Å². The molecule has 1 amide bonds. The van der Waals surface area contributed by atoms with E-state index in [0.29, 0.717) is 13.0 Å². The molecular weight excluding hydrogens is 272 g/mol. The molecule has 0 bridgehead atoms. The molecule has 2 rings (SSSR count). The molecule has 0 radical (unpaired) electrons. The van der Waals surface area contributed by atoms with Gasteiger partial charge in [-0.1, -0.05) is 18.2 Å². The van der Waals surface area contributed by atoms with Crippen molar-refractivity contribution >= 4 is 17.7 Å². The Labute approximate surface area is 122 Å². The van der Waals surface area contributed by atoms with Gasteiger partial charge in [0, 0.05) is 30.0 Å². The molecule has 6 heteroatoms. The predicted octanol–water partition coefficient (Wildman–Crippen LogP) is 2.04. The maximum absolute atomic E-state index is 11.6. The molecule has 106 valence electrons. The van der Waals surface area contributed by atoms with Crippen LogP contribution in [-0.4, -0.2) is 33.4 Å². The Kier molecular flexibility index (Phi) is 6.10. The minimum absolute atomic E-state index is 0.103. The zero-order valence-electron chi connectivity index (χ0n) is 11.2. The Bertz CT molecular complexity index is 501. The van der Waals surface area contributed by atoms with Crippen molar-refractivity contribution in [3.63, 3.8) is 0 Å². The SMILES string of the molecule is O=C(CCSc1ccccc1)NCCCc1ncn[nH]1. The second kappa shape index (κ2) is 8.37. The lowest BCUT2D eigenvalue weighted by atomic mass is 10.3. The highest BCUT2D eigenvalue weighted by molar-refractivity contribution is 7.99. The van der Waals surface area contributed by atoms with Gasteiger partial charge in [-0.15, -0.1) is 11.8 Å². The van der Waals surface area contributed by atoms with Gasteiger partial charge in [-0.2, -0.15) is 5.10 Å². The van der Waals surface area contributed by atoms with E-state index in [1.165, 1.54) is 11.2 Å². The highest BCUT2D eigenvalue weighted by atomic mass is 32.2. The van der Waals surface area contributed by atoms with Gasteiger partial charge in [-0.25, -0.2) is 4.98 Å². The van der Waals surface area contributed by atoms with Gasteiger partial charge in [0.05, 0.1) is 0 Å². The van der Waals surface area contributed by atoms with Gasteiger partial charge in [0.2, 0.25) is 5.91 Å². The molecule has 1 aromatic heterocycles. The van der Waals surface area contributed by atoms with Crippen LogP contribution in [-0.2, 0) is 11.2 Å². The number of carbonyl (C=O) groups excluding carboxylic acids is 1. The molecule has 0 saturated carbocycles. The number of hydrogen-bond donors (Lipinski definition) is 2. The first-order chi connectivity index (χ1) is 9.84. The molecule has 2 aromatic rings. The molecule has 0 unspecified atom stereocenters. The van der Waals surface area contributed by atoms with Crippen molar-refractivity contribution in [3.8, 4) is 0 Å². The maximum Gasteiger partial charge on any atom is 0.220 e. The number of carbonyl (C=O) groups is 1. The number of aromatic nitrogens is 3. The van der Waals surface area contributed by atoms with Crippen LogP contribution in [0.5, 0.6) is 0 Å². The number of rotatable bonds is 8. The largest absolute Gasteiger partial charge is 0.356 e. The molecule has 20 heavy (non-hydrogen) atoms. The van der Waals surface area contributed by atoms with Gasteiger partial charge in [0.15, 0.2) is 0 Å². The van der Waals surface area contributed by atoms with Crippen LogP contribution < -0.4 is 5.32 Å². The number of amides is 1. The van der Waals surface area contributed by atoms with E-state index in [9.17, 15) is 4.79 Å². The first kappa shape index (κ1) is 14.6. The molecule has 0 aliphatic heterocycles. The Balaban J connectivity index is 1.52. The van der Waals surface area contributed by atoms with Gasteiger partial charge in [-0.3, -0.25) is 9.89 Å². The van der Waals surface area contributed by atoms with Crippen LogP contribution in [0, 0.1) is 0 Å². The predicted molar refractivity (Wildman–Crippen MR) is 79.5 cm³/mol. The van der Waals surface area contributed by atoms with Crippen LogP contribution >= 0.6 is 11.8 Å². The first-order valence-corrected chi connectivity index (χ1v) is 7.62. The van der Waals surface area contributed by atoms with Gasteiger partial charge in [0.1, 0.15) is 12.2 Å². The normalized spacial score (nSPS) is 10.4. The molecule has 0 fully saturated rings. The van der Waals surface area contributed by atoms with E-state index in [1.54, 1.807) is 11.8 Å². The number of thioether (sulfide) groups is 1. The van der Waals surface area contributed by atoms with E-state index in [4.69, 9.17) is 0 Å². The molecule has 1 heterocycles. The number of nitrogens with zero attached hydrogens (tertiary/aromatic N) is 2. The summed E-state index contributed by atoms with van der Waals surface area (Å²) in [6.45, 7) is 0.676. The fraction of sp³-hybridized carbons (Fsp3) is 0.357. The number of aryl methyl sites for hydroxylation is 1. The van der Waals surface area contributed by atoms with Gasteiger partial charge >= 0.3 is 0 Å². The van der Waals surface area contributed by atoms with Gasteiger partial charge in [0.25, 0.3) is 0 Å². The van der Waals surface area contributed by atoms with Crippen molar-refractivity contribution < 1.29 is 4.79 Å². The zero-order chi connectivity index (χ0) is 14.0. The Morgan fingerprint density at radius 3 is 2.90 bits per heavy atom. The number of hydrogen-bond acceptors (Lipinski definition) is 4. The van der Waals surface area contributed by atoms with Crippen molar-refractivity contribution in [2.75, 3.05) is 12.3 Å². The summed E-state index contributed by atoms with van der Waals surface area (Å²) in [6, 6.07) is 10.1. The molecule has 0 spiro atoms. The maximum atomic E-state index is 11.6. The third-order valence-electron chi connectivity index (χ3n) is 2.72. The lowest BCUT2D eigenvalue weighted by Gasteiger charge is -2.04. The van der Waals surface area contributed by atoms with Crippen LogP contribution in [0.1, 0.15) is 18.7 Å². The molecule has 1 aromatic carbocycles. The van der Waals surface area contributed by atoms with E-state index < -0.39 is 0 Å². The van der Waals surface area contributed by atoms with Crippen molar-refractivity contribution in [2.24, 2.45) is 0 Å². The van der Waals surface area contributed by atoms with E-state index in [2.05, 4.69) is 32.6 Å². The molecule has 5 nitrogen and oxygen atoms in total. The highest BCUT2D eigenvalue weighted by Gasteiger charge is 2.02. The fourth-order valence-electron chi connectivity index (χ4n) is 1.70. The summed E-state index contributed by atoms with van der Waals surface area (Å²) in [7, 11) is 0. The van der Waals surface area contributed by atoms with Crippen LogP contribution in [0.2, 0.25) is 0 Å². The smallest absolute Gasteiger partial charge is 0.220 e. The van der Waals surface area contributed by atoms with E-state index in [-0.39, 0.29) is 5.91 Å². The van der Waals surface area contributed by atoms with Crippen molar-refractivity contribution in [1.82, 2.24) is 20.5 Å². The topological polar surface area (TPSA) is 70.7 Å².